The van der Waals surface area contributed by atoms with Crippen LogP contribution in [0.3, 0.4) is 0 Å². The molecule has 110 valence electrons. The average Bonchev–Trinajstić information content (AvgIpc) is 2.39. The summed E-state index contributed by atoms with van der Waals surface area (Å²) >= 11 is 0. The van der Waals surface area contributed by atoms with E-state index in [4.69, 9.17) is 14.6 Å². The van der Waals surface area contributed by atoms with E-state index in [1.807, 2.05) is 0 Å². The van der Waals surface area contributed by atoms with Gasteiger partial charge in [0.1, 0.15) is 24.8 Å². The maximum absolute atomic E-state index is 13.3. The van der Waals surface area contributed by atoms with Crippen molar-refractivity contribution in [3.05, 3.63) is 29.6 Å². The number of halogens is 1. The molecule has 4 heteroatoms. The largest absolute Gasteiger partial charge is 0.491 e. The van der Waals surface area contributed by atoms with Gasteiger partial charge in [-0.05, 0) is 24.5 Å². The number of rotatable bonds is 7. The van der Waals surface area contributed by atoms with Gasteiger partial charge in [0.15, 0.2) is 0 Å². The van der Waals surface area contributed by atoms with Gasteiger partial charge in [0.25, 0.3) is 0 Å². The van der Waals surface area contributed by atoms with Crippen LogP contribution in [0.5, 0.6) is 5.75 Å². The zero-order chi connectivity index (χ0) is 14.8. The quantitative estimate of drug-likeness (QED) is 0.616. The minimum atomic E-state index is -0.412. The third kappa shape index (κ3) is 7.13. The fraction of sp³-hybridized carbons (Fsp3) is 0.500. The van der Waals surface area contributed by atoms with Crippen LogP contribution < -0.4 is 4.74 Å². The van der Waals surface area contributed by atoms with Gasteiger partial charge in [0.05, 0.1) is 6.61 Å². The molecule has 0 aliphatic carbocycles. The standard InChI is InChI=1S/C16H21FO3/c1-13(2)5-7-19-8-9-20-16-11-14(4-3-6-18)10-15(17)12-16/h10-13,18H,5-9H2,1-2H3. The molecule has 1 N–H and O–H groups in total. The second kappa shape index (κ2) is 9.35. The van der Waals surface area contributed by atoms with Crippen molar-refractivity contribution in [2.45, 2.75) is 20.3 Å². The Kier molecular flexibility index (Phi) is 7.71. The van der Waals surface area contributed by atoms with Crippen molar-refractivity contribution in [2.75, 3.05) is 26.4 Å². The summed E-state index contributed by atoms with van der Waals surface area (Å²) in [5.41, 5.74) is 0.481. The molecule has 0 aromatic heterocycles. The molecule has 0 fully saturated rings. The molecule has 0 heterocycles. The van der Waals surface area contributed by atoms with Gasteiger partial charge in [-0.2, -0.15) is 0 Å². The lowest BCUT2D eigenvalue weighted by Gasteiger charge is -2.09. The number of aliphatic hydroxyl groups excluding tert-OH is 1. The molecule has 0 bridgehead atoms. The molecular formula is C16H21FO3. The Labute approximate surface area is 119 Å². The Bertz CT molecular complexity index is 461. The van der Waals surface area contributed by atoms with Crippen LogP contribution in [0.1, 0.15) is 25.8 Å². The Hall–Kier alpha value is -1.57. The number of aliphatic hydroxyl groups is 1. The molecule has 0 radical (unpaired) electrons. The highest BCUT2D eigenvalue weighted by Gasteiger charge is 2.01. The summed E-state index contributed by atoms with van der Waals surface area (Å²) in [5, 5.41) is 8.61. The lowest BCUT2D eigenvalue weighted by atomic mass is 10.1. The summed E-state index contributed by atoms with van der Waals surface area (Å²) in [6.07, 6.45) is 1.01. The Morgan fingerprint density at radius 1 is 1.20 bits per heavy atom. The topological polar surface area (TPSA) is 38.7 Å². The Morgan fingerprint density at radius 2 is 2.00 bits per heavy atom. The van der Waals surface area contributed by atoms with Crippen LogP contribution in [0.15, 0.2) is 18.2 Å². The van der Waals surface area contributed by atoms with Crippen molar-refractivity contribution in [3.8, 4) is 17.6 Å². The van der Waals surface area contributed by atoms with Crippen LogP contribution in [-0.2, 0) is 4.74 Å². The van der Waals surface area contributed by atoms with E-state index in [2.05, 4.69) is 25.7 Å². The molecule has 20 heavy (non-hydrogen) atoms. The molecule has 3 nitrogen and oxygen atoms in total. The van der Waals surface area contributed by atoms with Crippen molar-refractivity contribution in [1.29, 1.82) is 0 Å². The normalized spacial score (nSPS) is 10.2. The van der Waals surface area contributed by atoms with Gasteiger partial charge in [-0.15, -0.1) is 0 Å². The van der Waals surface area contributed by atoms with Crippen molar-refractivity contribution < 1.29 is 19.0 Å². The Morgan fingerprint density at radius 3 is 2.70 bits per heavy atom. The molecule has 1 aromatic rings. The van der Waals surface area contributed by atoms with Crippen LogP contribution in [0.25, 0.3) is 0 Å². The molecular weight excluding hydrogens is 259 g/mol. The number of hydrogen-bond donors (Lipinski definition) is 1. The summed E-state index contributed by atoms with van der Waals surface area (Å²) in [6.45, 7) is 5.58. The molecule has 0 unspecified atom stereocenters. The first-order chi connectivity index (χ1) is 9.61. The van der Waals surface area contributed by atoms with E-state index in [1.54, 1.807) is 6.07 Å². The highest BCUT2D eigenvalue weighted by molar-refractivity contribution is 5.40. The zero-order valence-electron chi connectivity index (χ0n) is 12.0. The highest BCUT2D eigenvalue weighted by atomic mass is 19.1. The van der Waals surface area contributed by atoms with Gasteiger partial charge in [0.2, 0.25) is 0 Å². The van der Waals surface area contributed by atoms with Gasteiger partial charge < -0.3 is 14.6 Å². The number of ether oxygens (including phenoxy) is 2. The molecule has 0 aliphatic rings. The molecule has 1 aromatic carbocycles. The minimum absolute atomic E-state index is 0.254. The van der Waals surface area contributed by atoms with Crippen molar-refractivity contribution >= 4 is 0 Å². The predicted molar refractivity (Wildman–Crippen MR) is 76.1 cm³/mol. The molecule has 0 aliphatic heterocycles. The van der Waals surface area contributed by atoms with Gasteiger partial charge in [0, 0.05) is 18.2 Å². The zero-order valence-corrected chi connectivity index (χ0v) is 12.0. The van der Waals surface area contributed by atoms with E-state index in [0.29, 0.717) is 37.1 Å². The summed E-state index contributed by atoms with van der Waals surface area (Å²) < 4.78 is 24.2. The molecule has 0 atom stereocenters. The second-order valence-electron chi connectivity index (χ2n) is 4.78. The van der Waals surface area contributed by atoms with Crippen LogP contribution in [0.4, 0.5) is 4.39 Å². The molecule has 0 spiro atoms. The second-order valence-corrected chi connectivity index (χ2v) is 4.78. The number of benzene rings is 1. The van der Waals surface area contributed by atoms with Gasteiger partial charge in [-0.1, -0.05) is 25.7 Å². The highest BCUT2D eigenvalue weighted by Crippen LogP contribution is 2.15. The smallest absolute Gasteiger partial charge is 0.128 e. The number of hydrogen-bond acceptors (Lipinski definition) is 3. The van der Waals surface area contributed by atoms with Crippen LogP contribution in [-0.4, -0.2) is 31.5 Å². The first-order valence-corrected chi connectivity index (χ1v) is 6.72. The monoisotopic (exact) mass is 280 g/mol. The molecule has 0 saturated carbocycles. The van der Waals surface area contributed by atoms with Crippen LogP contribution >= 0.6 is 0 Å². The first kappa shape index (κ1) is 16.5. The van der Waals surface area contributed by atoms with E-state index < -0.39 is 5.82 Å². The van der Waals surface area contributed by atoms with Crippen molar-refractivity contribution in [1.82, 2.24) is 0 Å². The van der Waals surface area contributed by atoms with Gasteiger partial charge >= 0.3 is 0 Å². The predicted octanol–water partition coefficient (Wildman–Crippen LogP) is 2.61. The van der Waals surface area contributed by atoms with Crippen LogP contribution in [0.2, 0.25) is 0 Å². The molecule has 1 rings (SSSR count). The van der Waals surface area contributed by atoms with E-state index in [0.717, 1.165) is 6.42 Å². The SMILES string of the molecule is CC(C)CCOCCOc1cc(F)cc(C#CCO)c1. The first-order valence-electron chi connectivity index (χ1n) is 6.72. The van der Waals surface area contributed by atoms with Gasteiger partial charge in [-0.25, -0.2) is 4.39 Å². The summed E-state index contributed by atoms with van der Waals surface area (Å²) in [5.74, 6) is 5.74. The third-order valence-electron chi connectivity index (χ3n) is 2.52. The van der Waals surface area contributed by atoms with Gasteiger partial charge in [-0.3, -0.25) is 0 Å². The summed E-state index contributed by atoms with van der Waals surface area (Å²) in [7, 11) is 0. The maximum Gasteiger partial charge on any atom is 0.128 e. The van der Waals surface area contributed by atoms with E-state index in [1.165, 1.54) is 12.1 Å². The lowest BCUT2D eigenvalue weighted by Crippen LogP contribution is -2.08. The van der Waals surface area contributed by atoms with E-state index in [-0.39, 0.29) is 6.61 Å². The fourth-order valence-corrected chi connectivity index (χ4v) is 1.50. The maximum atomic E-state index is 13.3. The Balaban J connectivity index is 2.38. The van der Waals surface area contributed by atoms with Crippen LogP contribution in [0, 0.1) is 23.6 Å². The average molecular weight is 280 g/mol. The van der Waals surface area contributed by atoms with Crippen molar-refractivity contribution in [2.24, 2.45) is 5.92 Å². The summed E-state index contributed by atoms with van der Waals surface area (Å²) in [6, 6.07) is 4.24. The molecule has 0 amide bonds. The third-order valence-corrected chi connectivity index (χ3v) is 2.52. The minimum Gasteiger partial charge on any atom is -0.491 e. The lowest BCUT2D eigenvalue weighted by molar-refractivity contribution is 0.0925. The fourth-order valence-electron chi connectivity index (χ4n) is 1.50. The van der Waals surface area contributed by atoms with E-state index >= 15 is 0 Å². The van der Waals surface area contributed by atoms with Crippen molar-refractivity contribution in [3.63, 3.8) is 0 Å². The summed E-state index contributed by atoms with van der Waals surface area (Å²) in [4.78, 5) is 0. The molecule has 0 saturated heterocycles. The van der Waals surface area contributed by atoms with E-state index in [9.17, 15) is 4.39 Å².